The Bertz CT molecular complexity index is 972. The number of fused-ring (bicyclic) bond motifs is 1. The summed E-state index contributed by atoms with van der Waals surface area (Å²) >= 11 is 2.60. The normalized spacial score (nSPS) is 10.8. The number of hydrogen-bond acceptors (Lipinski definition) is 7. The number of aromatic nitrogens is 2. The van der Waals surface area contributed by atoms with Gasteiger partial charge in [-0.1, -0.05) is 11.8 Å². The average molecular weight is 374 g/mol. The summed E-state index contributed by atoms with van der Waals surface area (Å²) in [6.45, 7) is 3.33. The molecule has 0 saturated carbocycles. The molecule has 0 unspecified atom stereocenters. The van der Waals surface area contributed by atoms with E-state index in [4.69, 9.17) is 4.74 Å². The molecule has 1 aromatic carbocycles. The molecule has 5 nitrogen and oxygen atoms in total. The molecule has 3 rings (SSSR count). The standard InChI is InChI=1S/C18H16N2O3S2.H2/c1-10(21)16-6-7-17(25-16)15(22)9-24-18-13-8-12(23-3)4-5-14(13)19-11(2)20-18;/h4-8H,9H2,1-3H3;1H. The molecule has 0 N–H and O–H groups in total. The molecule has 0 amide bonds. The van der Waals surface area contributed by atoms with E-state index < -0.39 is 0 Å². The summed E-state index contributed by atoms with van der Waals surface area (Å²) in [5.41, 5.74) is 0.818. The smallest absolute Gasteiger partial charge is 0.183 e. The molecule has 130 valence electrons. The summed E-state index contributed by atoms with van der Waals surface area (Å²) in [6, 6.07) is 9.01. The van der Waals surface area contributed by atoms with Crippen LogP contribution in [0, 0.1) is 6.92 Å². The zero-order valence-electron chi connectivity index (χ0n) is 14.0. The van der Waals surface area contributed by atoms with Crippen molar-refractivity contribution in [1.82, 2.24) is 9.97 Å². The van der Waals surface area contributed by atoms with Gasteiger partial charge in [-0.05, 0) is 44.2 Å². The van der Waals surface area contributed by atoms with Crippen molar-refractivity contribution in [2.24, 2.45) is 0 Å². The third-order valence-electron chi connectivity index (χ3n) is 3.55. The van der Waals surface area contributed by atoms with Gasteiger partial charge >= 0.3 is 0 Å². The highest BCUT2D eigenvalue weighted by molar-refractivity contribution is 8.00. The molecule has 0 spiro atoms. The number of ketones is 2. The first kappa shape index (κ1) is 17.6. The van der Waals surface area contributed by atoms with Crippen LogP contribution in [0.25, 0.3) is 10.9 Å². The van der Waals surface area contributed by atoms with Crippen molar-refractivity contribution in [2.45, 2.75) is 18.9 Å². The first-order valence-corrected chi connectivity index (χ1v) is 9.37. The number of thioether (sulfide) groups is 1. The third kappa shape index (κ3) is 3.88. The van der Waals surface area contributed by atoms with Gasteiger partial charge in [0.25, 0.3) is 0 Å². The largest absolute Gasteiger partial charge is 0.497 e. The number of Topliss-reactive ketones (excluding diaryl/α,β-unsaturated/α-hetero) is 2. The van der Waals surface area contributed by atoms with Crippen molar-refractivity contribution in [1.29, 1.82) is 0 Å². The Morgan fingerprint density at radius 1 is 1.20 bits per heavy atom. The van der Waals surface area contributed by atoms with Crippen LogP contribution in [0.1, 0.15) is 33.5 Å². The number of nitrogens with zero attached hydrogens (tertiary/aromatic N) is 2. The Kier molecular flexibility index (Phi) is 5.15. The summed E-state index contributed by atoms with van der Waals surface area (Å²) < 4.78 is 5.27. The summed E-state index contributed by atoms with van der Waals surface area (Å²) in [6.07, 6.45) is 0. The van der Waals surface area contributed by atoms with Crippen molar-refractivity contribution < 1.29 is 15.8 Å². The van der Waals surface area contributed by atoms with E-state index >= 15 is 0 Å². The monoisotopic (exact) mass is 374 g/mol. The molecule has 7 heteroatoms. The van der Waals surface area contributed by atoms with Crippen LogP contribution in [0.3, 0.4) is 0 Å². The van der Waals surface area contributed by atoms with E-state index in [9.17, 15) is 9.59 Å². The minimum atomic E-state index is -0.0267. The highest BCUT2D eigenvalue weighted by atomic mass is 32.2. The predicted octanol–water partition coefficient (Wildman–Crippen LogP) is 4.43. The molecule has 2 heterocycles. The van der Waals surface area contributed by atoms with Gasteiger partial charge in [-0.25, -0.2) is 9.97 Å². The highest BCUT2D eigenvalue weighted by Crippen LogP contribution is 2.29. The quantitative estimate of drug-likeness (QED) is 0.361. The second-order valence-corrected chi connectivity index (χ2v) is 7.44. The first-order valence-electron chi connectivity index (χ1n) is 7.57. The lowest BCUT2D eigenvalue weighted by Crippen LogP contribution is -2.01. The molecular formula is C18H18N2O3S2. The fourth-order valence-corrected chi connectivity index (χ4v) is 4.18. The molecule has 0 atom stereocenters. The predicted molar refractivity (Wildman–Crippen MR) is 102 cm³/mol. The molecule has 0 saturated heterocycles. The Balaban J connectivity index is 0.00000243. The van der Waals surface area contributed by atoms with Crippen LogP contribution in [0.4, 0.5) is 0 Å². The van der Waals surface area contributed by atoms with Gasteiger partial charge in [-0.15, -0.1) is 11.3 Å². The van der Waals surface area contributed by atoms with Crippen LogP contribution in [-0.4, -0.2) is 34.4 Å². The van der Waals surface area contributed by atoms with Crippen molar-refractivity contribution in [3.8, 4) is 5.75 Å². The Morgan fingerprint density at radius 3 is 2.64 bits per heavy atom. The number of aryl methyl sites for hydroxylation is 1. The van der Waals surface area contributed by atoms with Crippen LogP contribution in [0.5, 0.6) is 5.75 Å². The van der Waals surface area contributed by atoms with E-state index in [1.54, 1.807) is 19.2 Å². The zero-order valence-corrected chi connectivity index (χ0v) is 15.7. The minimum absolute atomic E-state index is 0. The van der Waals surface area contributed by atoms with E-state index in [-0.39, 0.29) is 18.7 Å². The van der Waals surface area contributed by atoms with Crippen LogP contribution in [0.15, 0.2) is 35.4 Å². The van der Waals surface area contributed by atoms with Gasteiger partial charge in [0.15, 0.2) is 11.6 Å². The van der Waals surface area contributed by atoms with E-state index in [0.29, 0.717) is 15.6 Å². The summed E-state index contributed by atoms with van der Waals surface area (Å²) in [5, 5.41) is 1.61. The molecule has 0 radical (unpaired) electrons. The van der Waals surface area contributed by atoms with Gasteiger partial charge in [-0.3, -0.25) is 9.59 Å². The molecule has 0 aliphatic carbocycles. The number of carbonyl (C=O) groups is 2. The average Bonchev–Trinajstić information content (AvgIpc) is 3.09. The zero-order chi connectivity index (χ0) is 18.0. The van der Waals surface area contributed by atoms with Crippen molar-refractivity contribution in [3.05, 3.63) is 45.9 Å². The van der Waals surface area contributed by atoms with Crippen LogP contribution >= 0.6 is 23.1 Å². The second-order valence-electron chi connectivity index (χ2n) is 5.39. The Labute approximate surface area is 154 Å². The number of benzene rings is 1. The van der Waals surface area contributed by atoms with E-state index in [0.717, 1.165) is 21.7 Å². The molecule has 0 aliphatic rings. The topological polar surface area (TPSA) is 69.2 Å². The maximum atomic E-state index is 12.4. The Morgan fingerprint density at radius 2 is 1.96 bits per heavy atom. The lowest BCUT2D eigenvalue weighted by Gasteiger charge is -2.08. The fraction of sp³-hybridized carbons (Fsp3) is 0.222. The van der Waals surface area contributed by atoms with Crippen molar-refractivity contribution in [3.63, 3.8) is 0 Å². The van der Waals surface area contributed by atoms with E-state index in [1.165, 1.54) is 30.0 Å². The van der Waals surface area contributed by atoms with E-state index in [2.05, 4.69) is 9.97 Å². The Hall–Kier alpha value is -2.25. The lowest BCUT2D eigenvalue weighted by atomic mass is 10.2. The number of ether oxygens (including phenoxy) is 1. The molecule has 3 aromatic rings. The molecule has 0 bridgehead atoms. The number of thiophene rings is 1. The van der Waals surface area contributed by atoms with E-state index in [1.807, 2.05) is 25.1 Å². The summed E-state index contributed by atoms with van der Waals surface area (Å²) in [7, 11) is 1.61. The molecule has 2 aromatic heterocycles. The highest BCUT2D eigenvalue weighted by Gasteiger charge is 2.14. The molecular weight excluding hydrogens is 356 g/mol. The number of carbonyl (C=O) groups excluding carboxylic acids is 2. The van der Waals surface area contributed by atoms with Crippen LogP contribution < -0.4 is 4.74 Å². The second kappa shape index (κ2) is 7.33. The maximum absolute atomic E-state index is 12.4. The number of rotatable bonds is 6. The van der Waals surface area contributed by atoms with Gasteiger partial charge in [0.2, 0.25) is 0 Å². The summed E-state index contributed by atoms with van der Waals surface area (Å²) in [5.74, 6) is 1.58. The van der Waals surface area contributed by atoms with Crippen LogP contribution in [-0.2, 0) is 0 Å². The maximum Gasteiger partial charge on any atom is 0.183 e. The van der Waals surface area contributed by atoms with Crippen LogP contribution in [0.2, 0.25) is 0 Å². The lowest BCUT2D eigenvalue weighted by molar-refractivity contribution is 0.101. The van der Waals surface area contributed by atoms with Gasteiger partial charge in [0.05, 0.1) is 28.1 Å². The van der Waals surface area contributed by atoms with Crippen molar-refractivity contribution >= 4 is 45.6 Å². The van der Waals surface area contributed by atoms with Gasteiger partial charge in [-0.2, -0.15) is 0 Å². The van der Waals surface area contributed by atoms with Gasteiger partial charge < -0.3 is 4.74 Å². The molecule has 0 aliphatic heterocycles. The first-order chi connectivity index (χ1) is 12.0. The number of methoxy groups -OCH3 is 1. The summed E-state index contributed by atoms with van der Waals surface area (Å²) in [4.78, 5) is 33.9. The van der Waals surface area contributed by atoms with Crippen molar-refractivity contribution in [2.75, 3.05) is 12.9 Å². The minimum Gasteiger partial charge on any atom is -0.497 e. The molecule has 25 heavy (non-hydrogen) atoms. The SMILES string of the molecule is COc1ccc2nc(C)nc(SCC(=O)c3ccc(C(C)=O)s3)c2c1.[HH]. The molecule has 0 fully saturated rings. The van der Waals surface area contributed by atoms with Gasteiger partial charge in [0, 0.05) is 6.81 Å². The third-order valence-corrected chi connectivity index (χ3v) is 5.77. The van der Waals surface area contributed by atoms with Gasteiger partial charge in [0.1, 0.15) is 16.6 Å². The fourth-order valence-electron chi connectivity index (χ4n) is 2.31. The number of hydrogen-bond donors (Lipinski definition) is 0.